The van der Waals surface area contributed by atoms with Gasteiger partial charge in [-0.1, -0.05) is 25.1 Å². The molecule has 0 radical (unpaired) electrons. The molecule has 2 atom stereocenters. The molecule has 1 heteroatoms. The third-order valence-electron chi connectivity index (χ3n) is 3.18. The van der Waals surface area contributed by atoms with E-state index in [0.29, 0.717) is 12.1 Å². The van der Waals surface area contributed by atoms with Gasteiger partial charge in [0.25, 0.3) is 0 Å². The van der Waals surface area contributed by atoms with Crippen LogP contribution in [0.3, 0.4) is 0 Å². The van der Waals surface area contributed by atoms with Crippen LogP contribution < -0.4 is 5.32 Å². The third kappa shape index (κ3) is 3.35. The highest BCUT2D eigenvalue weighted by Gasteiger charge is 2.08. The monoisotopic (exact) mass is 205 g/mol. The molecule has 0 aliphatic carbocycles. The molecule has 0 spiro atoms. The Hall–Kier alpha value is -0.820. The highest BCUT2D eigenvalue weighted by molar-refractivity contribution is 5.31. The summed E-state index contributed by atoms with van der Waals surface area (Å²) >= 11 is 0. The summed E-state index contributed by atoms with van der Waals surface area (Å²) in [7, 11) is 0. The lowest BCUT2D eigenvalue weighted by molar-refractivity contribution is 0.469. The van der Waals surface area contributed by atoms with Crippen molar-refractivity contribution in [3.8, 4) is 0 Å². The molecule has 0 fully saturated rings. The fraction of sp³-hybridized carbons (Fsp3) is 0.571. The van der Waals surface area contributed by atoms with E-state index in [1.165, 1.54) is 23.1 Å². The molecule has 15 heavy (non-hydrogen) atoms. The number of hydrogen-bond acceptors (Lipinski definition) is 1. The zero-order chi connectivity index (χ0) is 11.4. The van der Waals surface area contributed by atoms with Gasteiger partial charge in [0.1, 0.15) is 0 Å². The lowest BCUT2D eigenvalue weighted by atomic mass is 10.0. The number of rotatable bonds is 4. The molecule has 0 aromatic heterocycles. The summed E-state index contributed by atoms with van der Waals surface area (Å²) in [4.78, 5) is 0. The van der Waals surface area contributed by atoms with Crippen LogP contribution in [0.2, 0.25) is 0 Å². The van der Waals surface area contributed by atoms with Crippen LogP contribution in [0.15, 0.2) is 18.2 Å². The van der Waals surface area contributed by atoms with Crippen molar-refractivity contribution in [2.45, 2.75) is 53.1 Å². The summed E-state index contributed by atoms with van der Waals surface area (Å²) < 4.78 is 0. The van der Waals surface area contributed by atoms with E-state index in [1.807, 2.05) is 0 Å². The van der Waals surface area contributed by atoms with E-state index in [9.17, 15) is 0 Å². The van der Waals surface area contributed by atoms with Gasteiger partial charge in [0.2, 0.25) is 0 Å². The minimum atomic E-state index is 0.444. The molecule has 1 nitrogen and oxygen atoms in total. The maximum atomic E-state index is 3.59. The van der Waals surface area contributed by atoms with Crippen LogP contribution in [0, 0.1) is 13.8 Å². The van der Waals surface area contributed by atoms with Crippen molar-refractivity contribution in [1.29, 1.82) is 0 Å². The molecular formula is C14H23N. The van der Waals surface area contributed by atoms with Crippen molar-refractivity contribution in [3.63, 3.8) is 0 Å². The summed E-state index contributed by atoms with van der Waals surface area (Å²) in [6, 6.07) is 7.75. The van der Waals surface area contributed by atoms with Gasteiger partial charge in [-0.05, 0) is 50.8 Å². The van der Waals surface area contributed by atoms with E-state index in [4.69, 9.17) is 0 Å². The summed E-state index contributed by atoms with van der Waals surface area (Å²) in [5, 5.41) is 3.59. The molecule has 0 aliphatic heterocycles. The minimum Gasteiger partial charge on any atom is -0.308 e. The SMILES string of the molecule is CC[C@H](C)N[C@H](C)c1ccc(C)c(C)c1. The van der Waals surface area contributed by atoms with Gasteiger partial charge in [0.05, 0.1) is 0 Å². The second-order valence-electron chi connectivity index (χ2n) is 4.54. The fourth-order valence-corrected chi connectivity index (χ4v) is 1.67. The normalized spacial score (nSPS) is 15.0. The van der Waals surface area contributed by atoms with Crippen molar-refractivity contribution in [2.75, 3.05) is 0 Å². The molecule has 0 amide bonds. The molecule has 1 aromatic carbocycles. The molecule has 1 aromatic rings. The predicted molar refractivity (Wildman–Crippen MR) is 67.2 cm³/mol. The first kappa shape index (κ1) is 12.3. The average molecular weight is 205 g/mol. The Labute approximate surface area is 93.9 Å². The topological polar surface area (TPSA) is 12.0 Å². The number of hydrogen-bond donors (Lipinski definition) is 1. The molecule has 0 saturated heterocycles. The third-order valence-corrected chi connectivity index (χ3v) is 3.18. The van der Waals surface area contributed by atoms with Gasteiger partial charge in [0.15, 0.2) is 0 Å². The van der Waals surface area contributed by atoms with Crippen LogP contribution in [0.1, 0.15) is 49.9 Å². The van der Waals surface area contributed by atoms with Crippen LogP contribution in [-0.4, -0.2) is 6.04 Å². The molecule has 84 valence electrons. The Kier molecular flexibility index (Phi) is 4.34. The van der Waals surface area contributed by atoms with E-state index in [1.54, 1.807) is 0 Å². The first-order valence-electron chi connectivity index (χ1n) is 5.87. The van der Waals surface area contributed by atoms with Gasteiger partial charge in [-0.3, -0.25) is 0 Å². The van der Waals surface area contributed by atoms with E-state index in [-0.39, 0.29) is 0 Å². The zero-order valence-electron chi connectivity index (χ0n) is 10.6. The maximum Gasteiger partial charge on any atom is 0.0294 e. The molecule has 0 heterocycles. The first-order chi connectivity index (χ1) is 7.04. The zero-order valence-corrected chi connectivity index (χ0v) is 10.6. The van der Waals surface area contributed by atoms with Crippen LogP contribution >= 0.6 is 0 Å². The van der Waals surface area contributed by atoms with Crippen LogP contribution in [0.4, 0.5) is 0 Å². The molecular weight excluding hydrogens is 182 g/mol. The van der Waals surface area contributed by atoms with E-state index in [0.717, 1.165) is 0 Å². The van der Waals surface area contributed by atoms with Crippen molar-refractivity contribution in [3.05, 3.63) is 34.9 Å². The van der Waals surface area contributed by atoms with Gasteiger partial charge >= 0.3 is 0 Å². The van der Waals surface area contributed by atoms with Gasteiger partial charge < -0.3 is 5.32 Å². The van der Waals surface area contributed by atoms with Gasteiger partial charge in [-0.2, -0.15) is 0 Å². The number of nitrogens with one attached hydrogen (secondary N) is 1. The van der Waals surface area contributed by atoms with Crippen LogP contribution in [0.5, 0.6) is 0 Å². The largest absolute Gasteiger partial charge is 0.308 e. The Morgan fingerprint density at radius 2 is 1.80 bits per heavy atom. The quantitative estimate of drug-likeness (QED) is 0.789. The van der Waals surface area contributed by atoms with Gasteiger partial charge in [0, 0.05) is 12.1 Å². The molecule has 0 unspecified atom stereocenters. The molecule has 0 aliphatic rings. The number of benzene rings is 1. The Morgan fingerprint density at radius 3 is 2.33 bits per heavy atom. The maximum absolute atomic E-state index is 3.59. The summed E-state index contributed by atoms with van der Waals surface area (Å²) in [5.74, 6) is 0. The van der Waals surface area contributed by atoms with Crippen molar-refractivity contribution < 1.29 is 0 Å². The Bertz CT molecular complexity index is 317. The molecule has 1 N–H and O–H groups in total. The van der Waals surface area contributed by atoms with Crippen molar-refractivity contribution >= 4 is 0 Å². The summed E-state index contributed by atoms with van der Waals surface area (Å²) in [6.45, 7) is 11.0. The fourth-order valence-electron chi connectivity index (χ4n) is 1.67. The van der Waals surface area contributed by atoms with Crippen LogP contribution in [-0.2, 0) is 0 Å². The highest BCUT2D eigenvalue weighted by atomic mass is 14.9. The van der Waals surface area contributed by atoms with E-state index < -0.39 is 0 Å². The minimum absolute atomic E-state index is 0.444. The van der Waals surface area contributed by atoms with E-state index >= 15 is 0 Å². The van der Waals surface area contributed by atoms with Crippen molar-refractivity contribution in [1.82, 2.24) is 5.32 Å². The highest BCUT2D eigenvalue weighted by Crippen LogP contribution is 2.17. The van der Waals surface area contributed by atoms with Crippen LogP contribution in [0.25, 0.3) is 0 Å². The van der Waals surface area contributed by atoms with Crippen molar-refractivity contribution in [2.24, 2.45) is 0 Å². The number of aryl methyl sites for hydroxylation is 2. The first-order valence-corrected chi connectivity index (χ1v) is 5.87. The molecule has 0 bridgehead atoms. The van der Waals surface area contributed by atoms with E-state index in [2.05, 4.69) is 58.1 Å². The van der Waals surface area contributed by atoms with Gasteiger partial charge in [-0.15, -0.1) is 0 Å². The smallest absolute Gasteiger partial charge is 0.0294 e. The summed E-state index contributed by atoms with van der Waals surface area (Å²) in [6.07, 6.45) is 1.18. The second-order valence-corrected chi connectivity index (χ2v) is 4.54. The lowest BCUT2D eigenvalue weighted by Crippen LogP contribution is -2.28. The Balaban J connectivity index is 2.73. The molecule has 1 rings (SSSR count). The molecule has 0 saturated carbocycles. The predicted octanol–water partition coefficient (Wildman–Crippen LogP) is 3.75. The van der Waals surface area contributed by atoms with Gasteiger partial charge in [-0.25, -0.2) is 0 Å². The Morgan fingerprint density at radius 1 is 1.13 bits per heavy atom. The lowest BCUT2D eigenvalue weighted by Gasteiger charge is -2.20. The standard InChI is InChI=1S/C14H23N/c1-6-12(4)15-13(5)14-8-7-10(2)11(3)9-14/h7-9,12-13,15H,6H2,1-5H3/t12-,13+/m0/s1. The average Bonchev–Trinajstić information content (AvgIpc) is 2.21. The summed E-state index contributed by atoms with van der Waals surface area (Å²) in [5.41, 5.74) is 4.14. The second kappa shape index (κ2) is 5.32.